The first-order chi connectivity index (χ1) is 5.43. The minimum atomic E-state index is -1.33. The second kappa shape index (κ2) is 4.93. The van der Waals surface area contributed by atoms with Crippen LogP contribution in [0.15, 0.2) is 0 Å². The van der Waals surface area contributed by atoms with E-state index in [9.17, 15) is 14.4 Å². The topological polar surface area (TPSA) is 91.7 Å². The molecular formula is C6H9AsO5. The van der Waals surface area contributed by atoms with Gasteiger partial charge < -0.3 is 0 Å². The summed E-state index contributed by atoms with van der Waals surface area (Å²) in [4.78, 5) is 31.1. The number of carbonyl (C=O) groups excluding carboxylic acids is 1. The molecule has 0 aromatic carbocycles. The van der Waals surface area contributed by atoms with Gasteiger partial charge in [-0.15, -0.1) is 0 Å². The molecule has 2 N–H and O–H groups in total. The van der Waals surface area contributed by atoms with Crippen LogP contribution < -0.4 is 0 Å². The molecule has 2 unspecified atom stereocenters. The quantitative estimate of drug-likeness (QED) is 0.617. The van der Waals surface area contributed by atoms with Gasteiger partial charge in [-0.05, 0) is 0 Å². The maximum atomic E-state index is 10.5. The van der Waals surface area contributed by atoms with Crippen LogP contribution in [0.2, 0.25) is 4.71 Å². The van der Waals surface area contributed by atoms with E-state index in [1.54, 1.807) is 0 Å². The molecule has 0 rings (SSSR count). The van der Waals surface area contributed by atoms with Crippen LogP contribution in [-0.2, 0) is 14.4 Å². The number of hydrogen-bond acceptors (Lipinski definition) is 3. The molecule has 5 nitrogen and oxygen atoms in total. The van der Waals surface area contributed by atoms with Gasteiger partial charge in [0.2, 0.25) is 0 Å². The number of carboxylic acids is 2. The van der Waals surface area contributed by atoms with E-state index >= 15 is 0 Å². The molecule has 2 atom stereocenters. The molecule has 0 aliphatic rings. The van der Waals surface area contributed by atoms with E-state index in [0.717, 1.165) is 0 Å². The van der Waals surface area contributed by atoms with Crippen molar-refractivity contribution in [3.8, 4) is 0 Å². The average Bonchev–Trinajstić information content (AvgIpc) is 1.83. The third-order valence-corrected chi connectivity index (χ3v) is 3.58. The van der Waals surface area contributed by atoms with Crippen molar-refractivity contribution in [1.82, 2.24) is 0 Å². The fourth-order valence-corrected chi connectivity index (χ4v) is 2.49. The molecule has 6 heteroatoms. The van der Waals surface area contributed by atoms with Crippen molar-refractivity contribution in [3.05, 3.63) is 0 Å². The van der Waals surface area contributed by atoms with E-state index in [4.69, 9.17) is 10.2 Å². The van der Waals surface area contributed by atoms with Crippen molar-refractivity contribution >= 4 is 32.3 Å². The molecule has 0 aliphatic heterocycles. The average molecular weight is 236 g/mol. The molecule has 12 heavy (non-hydrogen) atoms. The maximum absolute atomic E-state index is 10.5. The van der Waals surface area contributed by atoms with Gasteiger partial charge in [-0.25, -0.2) is 0 Å². The zero-order valence-electron chi connectivity index (χ0n) is 6.40. The van der Waals surface area contributed by atoms with Crippen LogP contribution in [0.3, 0.4) is 0 Å². The summed E-state index contributed by atoms with van der Waals surface area (Å²) < 4.78 is -1.16. The van der Waals surface area contributed by atoms with Crippen molar-refractivity contribution in [1.29, 1.82) is 0 Å². The molecule has 0 radical (unpaired) electrons. The number of carbonyl (C=O) groups is 3. The van der Waals surface area contributed by atoms with Gasteiger partial charge in [0.05, 0.1) is 0 Å². The first kappa shape index (κ1) is 11.2. The van der Waals surface area contributed by atoms with E-state index in [2.05, 4.69) is 0 Å². The third-order valence-electron chi connectivity index (χ3n) is 1.05. The van der Waals surface area contributed by atoms with Crippen LogP contribution in [0.1, 0.15) is 13.3 Å². The summed E-state index contributed by atoms with van der Waals surface area (Å²) >= 11 is -1.33. The van der Waals surface area contributed by atoms with Crippen LogP contribution in [0.25, 0.3) is 0 Å². The second-order valence-electron chi connectivity index (χ2n) is 2.19. The Morgan fingerprint density at radius 1 is 1.33 bits per heavy atom. The molecular weight excluding hydrogens is 227 g/mol. The molecule has 0 spiro atoms. The Kier molecular flexibility index (Phi) is 4.59. The Morgan fingerprint density at radius 2 is 1.83 bits per heavy atom. The number of carboxylic acid groups (broad SMARTS) is 2. The van der Waals surface area contributed by atoms with Gasteiger partial charge in [0.25, 0.3) is 0 Å². The van der Waals surface area contributed by atoms with E-state index in [-0.39, 0.29) is 4.57 Å². The van der Waals surface area contributed by atoms with Crippen molar-refractivity contribution < 1.29 is 24.6 Å². The molecule has 0 bridgehead atoms. The second-order valence-corrected chi connectivity index (χ2v) is 5.73. The summed E-state index contributed by atoms with van der Waals surface area (Å²) in [6.07, 6.45) is -0.449. The molecule has 0 aromatic heterocycles. The Morgan fingerprint density at radius 3 is 2.08 bits per heavy atom. The van der Waals surface area contributed by atoms with Gasteiger partial charge in [-0.2, -0.15) is 0 Å². The number of rotatable bonds is 5. The van der Waals surface area contributed by atoms with E-state index < -0.39 is 38.8 Å². The predicted octanol–water partition coefficient (Wildman–Crippen LogP) is -0.683. The van der Waals surface area contributed by atoms with Gasteiger partial charge in [0.1, 0.15) is 0 Å². The van der Waals surface area contributed by atoms with Crippen molar-refractivity contribution in [3.63, 3.8) is 0 Å². The zero-order chi connectivity index (χ0) is 9.72. The SMILES string of the molecule is CC(=O)[AsH]C(CC(=O)O)C(=O)O. The van der Waals surface area contributed by atoms with Crippen molar-refractivity contribution in [2.75, 3.05) is 0 Å². The molecule has 0 saturated heterocycles. The van der Waals surface area contributed by atoms with Crippen LogP contribution in [0.5, 0.6) is 0 Å². The van der Waals surface area contributed by atoms with Crippen LogP contribution >= 0.6 is 0 Å². The van der Waals surface area contributed by atoms with Crippen LogP contribution in [0, 0.1) is 0 Å². The molecule has 0 aliphatic carbocycles. The Hall–Kier alpha value is -0.832. The van der Waals surface area contributed by atoms with E-state index in [1.165, 1.54) is 6.92 Å². The van der Waals surface area contributed by atoms with Crippen LogP contribution in [0.4, 0.5) is 0 Å². The predicted molar refractivity (Wildman–Crippen MR) is 41.5 cm³/mol. The normalized spacial score (nSPS) is 13.1. The fourth-order valence-electron chi connectivity index (χ4n) is 0.620. The summed E-state index contributed by atoms with van der Waals surface area (Å²) in [6, 6.07) is 0. The van der Waals surface area contributed by atoms with Crippen molar-refractivity contribution in [2.24, 2.45) is 0 Å². The monoisotopic (exact) mass is 236 g/mol. The van der Waals surface area contributed by atoms with Gasteiger partial charge in [0.15, 0.2) is 0 Å². The minimum absolute atomic E-state index is 0.191. The number of hydrogen-bond donors (Lipinski definition) is 2. The zero-order valence-corrected chi connectivity index (χ0v) is 8.50. The van der Waals surface area contributed by atoms with Gasteiger partial charge in [0, 0.05) is 0 Å². The van der Waals surface area contributed by atoms with Gasteiger partial charge >= 0.3 is 74.9 Å². The third kappa shape index (κ3) is 4.90. The first-order valence-electron chi connectivity index (χ1n) is 3.15. The fraction of sp³-hybridized carbons (Fsp3) is 0.500. The van der Waals surface area contributed by atoms with Crippen LogP contribution in [-0.4, -0.2) is 42.5 Å². The molecule has 68 valence electrons. The van der Waals surface area contributed by atoms with Crippen molar-refractivity contribution in [2.45, 2.75) is 18.1 Å². The molecule has 0 amide bonds. The Balaban J connectivity index is 4.14. The first-order valence-corrected chi connectivity index (χ1v) is 5.41. The van der Waals surface area contributed by atoms with Gasteiger partial charge in [-0.1, -0.05) is 0 Å². The van der Waals surface area contributed by atoms with Gasteiger partial charge in [-0.3, -0.25) is 0 Å². The standard InChI is InChI=1S/C6H9AsO5/c1-3(8)7-4(6(11)12)2-5(9)10/h4,7H,2H2,1H3,(H,9,10)(H,11,12). The molecule has 0 fully saturated rings. The summed E-state index contributed by atoms with van der Waals surface area (Å²) in [5, 5.41) is 16.8. The van der Waals surface area contributed by atoms with E-state index in [1.807, 2.05) is 0 Å². The summed E-state index contributed by atoms with van der Waals surface area (Å²) in [7, 11) is 0. The molecule has 0 aromatic rings. The summed E-state index contributed by atoms with van der Waals surface area (Å²) in [6.45, 7) is 1.29. The Labute approximate surface area is 75.4 Å². The van der Waals surface area contributed by atoms with E-state index in [0.29, 0.717) is 0 Å². The Bertz CT molecular complexity index is 196. The molecule has 0 heterocycles. The number of aliphatic carboxylic acids is 2. The molecule has 0 saturated carbocycles. The summed E-state index contributed by atoms with van der Waals surface area (Å²) in [5.41, 5.74) is 0. The summed E-state index contributed by atoms with van der Waals surface area (Å²) in [5.74, 6) is -2.36.